The van der Waals surface area contributed by atoms with Crippen molar-refractivity contribution in [3.05, 3.63) is 35.9 Å². The van der Waals surface area contributed by atoms with Gasteiger partial charge in [-0.25, -0.2) is 14.4 Å². The molecule has 0 bridgehead atoms. The molecule has 1 heterocycles. The average molecular weight is 478 g/mol. The molecular weight excluding hydrogens is 446 g/mol. The van der Waals surface area contributed by atoms with E-state index < -0.39 is 47.8 Å². The maximum Gasteiger partial charge on any atom is 0.408 e. The quantitative estimate of drug-likeness (QED) is 0.456. The topological polar surface area (TPSA) is 151 Å². The van der Waals surface area contributed by atoms with E-state index in [1.54, 1.807) is 32.9 Å². The number of ether oxygens (including phenoxy) is 2. The van der Waals surface area contributed by atoms with Gasteiger partial charge in [-0.1, -0.05) is 30.3 Å². The number of nitrogens with one attached hydrogen (secondary N) is 2. The summed E-state index contributed by atoms with van der Waals surface area (Å²) in [5.74, 6) is -1.98. The molecule has 0 aromatic heterocycles. The third kappa shape index (κ3) is 8.05. The van der Waals surface area contributed by atoms with E-state index in [1.165, 1.54) is 0 Å². The number of carbonyl (C=O) groups excluding carboxylic acids is 4. The number of benzene rings is 1. The molecule has 11 nitrogen and oxygen atoms in total. The summed E-state index contributed by atoms with van der Waals surface area (Å²) in [6.45, 7) is 4.95. The summed E-state index contributed by atoms with van der Waals surface area (Å²) in [6.07, 6.45) is -0.838. The molecule has 0 aliphatic carbocycles. The third-order valence-corrected chi connectivity index (χ3v) is 5.03. The molecule has 3 amide bonds. The predicted molar refractivity (Wildman–Crippen MR) is 120 cm³/mol. The van der Waals surface area contributed by atoms with Crippen LogP contribution in [-0.2, 0) is 30.5 Å². The highest BCUT2D eigenvalue weighted by atomic mass is 16.6. The van der Waals surface area contributed by atoms with Crippen LogP contribution in [0.4, 0.5) is 9.59 Å². The van der Waals surface area contributed by atoms with Crippen LogP contribution in [0, 0.1) is 0 Å². The second-order valence-electron chi connectivity index (χ2n) is 8.86. The van der Waals surface area contributed by atoms with E-state index in [-0.39, 0.29) is 32.4 Å². The lowest BCUT2D eigenvalue weighted by Crippen LogP contribution is -2.55. The molecule has 186 valence electrons. The van der Waals surface area contributed by atoms with Crippen LogP contribution >= 0.6 is 0 Å². The fraction of sp³-hybridized carbons (Fsp3) is 0.522. The van der Waals surface area contributed by atoms with Gasteiger partial charge in [0.25, 0.3) is 0 Å². The number of nitrogens with zero attached hydrogens (tertiary/aromatic N) is 1. The zero-order valence-corrected chi connectivity index (χ0v) is 19.5. The van der Waals surface area contributed by atoms with Crippen molar-refractivity contribution in [1.29, 1.82) is 0 Å². The number of carbonyl (C=O) groups is 5. The van der Waals surface area contributed by atoms with Gasteiger partial charge in [0.05, 0.1) is 6.04 Å². The Morgan fingerprint density at radius 3 is 2.41 bits per heavy atom. The molecule has 11 heteroatoms. The van der Waals surface area contributed by atoms with Gasteiger partial charge in [0.15, 0.2) is 0 Å². The summed E-state index contributed by atoms with van der Waals surface area (Å²) in [6, 6.07) is 5.72. The van der Waals surface area contributed by atoms with Gasteiger partial charge in [-0.2, -0.15) is 0 Å². The first-order chi connectivity index (χ1) is 16.0. The van der Waals surface area contributed by atoms with Gasteiger partial charge in [0, 0.05) is 6.54 Å². The highest BCUT2D eigenvalue weighted by Crippen LogP contribution is 2.25. The number of hydrogen-bond acceptors (Lipinski definition) is 7. The molecular formula is C23H31N3O8. The van der Waals surface area contributed by atoms with Gasteiger partial charge in [-0.15, -0.1) is 0 Å². The molecule has 0 unspecified atom stereocenters. The molecule has 1 saturated heterocycles. The molecule has 1 aliphatic rings. The minimum Gasteiger partial charge on any atom is -0.480 e. The van der Waals surface area contributed by atoms with Gasteiger partial charge < -0.3 is 34.9 Å². The highest BCUT2D eigenvalue weighted by molar-refractivity contribution is 5.92. The third-order valence-electron chi connectivity index (χ3n) is 5.03. The zero-order chi connectivity index (χ0) is 25.3. The van der Waals surface area contributed by atoms with Gasteiger partial charge in [0.2, 0.25) is 5.91 Å². The van der Waals surface area contributed by atoms with Crippen molar-refractivity contribution in [3.63, 3.8) is 0 Å². The largest absolute Gasteiger partial charge is 0.480 e. The lowest BCUT2D eigenvalue weighted by Gasteiger charge is -2.30. The Labute approximate surface area is 197 Å². The van der Waals surface area contributed by atoms with Gasteiger partial charge in [0.1, 0.15) is 30.6 Å². The summed E-state index contributed by atoms with van der Waals surface area (Å²) >= 11 is 0. The summed E-state index contributed by atoms with van der Waals surface area (Å²) in [5, 5.41) is 14.4. The Bertz CT molecular complexity index is 884. The highest BCUT2D eigenvalue weighted by Gasteiger charge is 2.43. The Morgan fingerprint density at radius 2 is 1.82 bits per heavy atom. The molecule has 34 heavy (non-hydrogen) atoms. The Morgan fingerprint density at radius 1 is 1.15 bits per heavy atom. The van der Waals surface area contributed by atoms with Crippen LogP contribution in [0.2, 0.25) is 0 Å². The number of carboxylic acids is 1. The average Bonchev–Trinajstić information content (AvgIpc) is 3.20. The Balaban J connectivity index is 2.04. The van der Waals surface area contributed by atoms with Crippen LogP contribution in [-0.4, -0.2) is 70.6 Å². The number of rotatable bonds is 9. The van der Waals surface area contributed by atoms with Gasteiger partial charge >= 0.3 is 18.2 Å². The number of carboxylic acid groups (broad SMARTS) is 1. The smallest absolute Gasteiger partial charge is 0.408 e. The van der Waals surface area contributed by atoms with E-state index in [0.29, 0.717) is 6.29 Å². The van der Waals surface area contributed by atoms with Crippen LogP contribution in [0.25, 0.3) is 0 Å². The Kier molecular flexibility index (Phi) is 9.40. The van der Waals surface area contributed by atoms with Crippen molar-refractivity contribution in [1.82, 2.24) is 15.5 Å². The molecule has 1 fully saturated rings. The molecule has 0 radical (unpaired) electrons. The number of amides is 3. The number of hydrogen-bond donors (Lipinski definition) is 3. The van der Waals surface area contributed by atoms with Gasteiger partial charge in [-0.3, -0.25) is 4.79 Å². The minimum atomic E-state index is -1.24. The first kappa shape index (κ1) is 26.6. The van der Waals surface area contributed by atoms with E-state index in [1.807, 2.05) is 18.2 Å². The normalized spacial score (nSPS) is 18.5. The maximum absolute atomic E-state index is 13.2. The predicted octanol–water partition coefficient (Wildman–Crippen LogP) is 1.84. The molecule has 2 rings (SSSR count). The molecule has 1 aromatic rings. The van der Waals surface area contributed by atoms with Crippen molar-refractivity contribution >= 4 is 30.3 Å². The second kappa shape index (κ2) is 12.0. The van der Waals surface area contributed by atoms with Crippen molar-refractivity contribution in [3.8, 4) is 0 Å². The van der Waals surface area contributed by atoms with E-state index in [4.69, 9.17) is 9.47 Å². The fourth-order valence-corrected chi connectivity index (χ4v) is 3.51. The van der Waals surface area contributed by atoms with Crippen LogP contribution < -0.4 is 10.6 Å². The number of aliphatic carboxylic acids is 1. The summed E-state index contributed by atoms with van der Waals surface area (Å²) in [4.78, 5) is 61.6. The number of alkyl carbamates (subject to hydrolysis) is 2. The fourth-order valence-electron chi connectivity index (χ4n) is 3.51. The summed E-state index contributed by atoms with van der Waals surface area (Å²) < 4.78 is 10.3. The van der Waals surface area contributed by atoms with Crippen LogP contribution in [0.5, 0.6) is 0 Å². The van der Waals surface area contributed by atoms with E-state index in [2.05, 4.69) is 10.6 Å². The van der Waals surface area contributed by atoms with Crippen molar-refractivity contribution in [2.45, 2.75) is 70.4 Å². The van der Waals surface area contributed by atoms with Crippen molar-refractivity contribution in [2.75, 3.05) is 6.54 Å². The van der Waals surface area contributed by atoms with Crippen molar-refractivity contribution < 1.29 is 38.6 Å². The minimum absolute atomic E-state index is 0.0558. The molecule has 0 saturated carbocycles. The number of aldehydes is 1. The van der Waals surface area contributed by atoms with E-state index >= 15 is 0 Å². The maximum atomic E-state index is 13.2. The molecule has 3 N–H and O–H groups in total. The zero-order valence-electron chi connectivity index (χ0n) is 19.5. The second-order valence-corrected chi connectivity index (χ2v) is 8.86. The summed E-state index contributed by atoms with van der Waals surface area (Å²) in [5.41, 5.74) is -0.0364. The van der Waals surface area contributed by atoms with E-state index in [9.17, 15) is 29.1 Å². The SMILES string of the molecule is CC(C)(C)OC(=O)N[C@@H](CCNC(=O)OCc1ccccc1)C(=O)N1[C@@H](C=O)CC[C@H]1C(=O)O. The first-order valence-electron chi connectivity index (χ1n) is 11.0. The van der Waals surface area contributed by atoms with Crippen LogP contribution in [0.3, 0.4) is 0 Å². The standard InChI is InChI=1S/C23H31N3O8/c1-23(2,3)34-22(32)25-17(19(28)26-16(13-27)9-10-18(26)20(29)30)11-12-24-21(31)33-14-15-7-5-4-6-8-15/h4-8,13,16-18H,9-12,14H2,1-3H3,(H,24,31)(H,25,32)(H,29,30)/t16-,17+,18+/m1/s1. The Hall–Kier alpha value is -3.63. The molecule has 3 atom stereocenters. The summed E-state index contributed by atoms with van der Waals surface area (Å²) in [7, 11) is 0. The first-order valence-corrected chi connectivity index (χ1v) is 11.0. The molecule has 0 spiro atoms. The lowest BCUT2D eigenvalue weighted by molar-refractivity contribution is -0.151. The number of likely N-dealkylation sites (tertiary alicyclic amines) is 1. The van der Waals surface area contributed by atoms with E-state index in [0.717, 1.165) is 10.5 Å². The van der Waals surface area contributed by atoms with Crippen molar-refractivity contribution in [2.24, 2.45) is 0 Å². The van der Waals surface area contributed by atoms with Gasteiger partial charge in [-0.05, 0) is 45.6 Å². The molecule has 1 aromatic carbocycles. The van der Waals surface area contributed by atoms with Crippen LogP contribution in [0.15, 0.2) is 30.3 Å². The molecule has 1 aliphatic heterocycles. The lowest BCUT2D eigenvalue weighted by atomic mass is 10.1. The van der Waals surface area contributed by atoms with Crippen LogP contribution in [0.1, 0.15) is 45.6 Å². The monoisotopic (exact) mass is 477 g/mol.